The van der Waals surface area contributed by atoms with E-state index in [0.29, 0.717) is 0 Å². The molecule has 5 N–H and O–H groups in total. The average Bonchev–Trinajstić information content (AvgIpc) is 2.94. The molecular weight excluding hydrogens is 337 g/mol. The minimum Gasteiger partial charge on any atom is -0.548 e. The number of nitrogens with two attached hydrogens (primary N) is 1. The number of carbonyl (C=O) groups excluding carboxylic acids is 2. The maximum Gasteiger partial charge on any atom is 1.00 e. The molecule has 2 rings (SSSR count). The molecule has 1 aromatic heterocycles. The van der Waals surface area contributed by atoms with Crippen LogP contribution in [0, 0.1) is 0 Å². The van der Waals surface area contributed by atoms with Gasteiger partial charge in [0.25, 0.3) is 0 Å². The first-order valence-corrected chi connectivity index (χ1v) is 7.42. The molecule has 0 radical (unpaired) electrons. The van der Waals surface area contributed by atoms with Crippen LogP contribution in [-0.4, -0.2) is 40.0 Å². The van der Waals surface area contributed by atoms with Crippen molar-refractivity contribution in [2.45, 2.75) is 31.3 Å². The average molecular weight is 355 g/mol. The third-order valence-corrected chi connectivity index (χ3v) is 3.71. The molecule has 128 valence electrons. The first-order chi connectivity index (χ1) is 11.4. The third-order valence-electron chi connectivity index (χ3n) is 3.71. The number of benzene rings is 1. The topological polar surface area (TPSA) is 148 Å². The summed E-state index contributed by atoms with van der Waals surface area (Å²) in [6.07, 6.45) is 1.36. The van der Waals surface area contributed by atoms with Crippen LogP contribution in [0.1, 0.15) is 18.4 Å². The van der Waals surface area contributed by atoms with Crippen molar-refractivity contribution in [3.8, 4) is 0 Å². The van der Waals surface area contributed by atoms with E-state index in [4.69, 9.17) is 10.8 Å². The SMILES string of the molecule is N[C@H](CCC(=O)O)C(=O)N[C@H](Cc1c[nH]c2ccccc12)C(=O)[O-].[Na+]. The Hall–Kier alpha value is -1.87. The second-order valence-electron chi connectivity index (χ2n) is 5.48. The molecule has 0 fully saturated rings. The van der Waals surface area contributed by atoms with Gasteiger partial charge in [-0.25, -0.2) is 0 Å². The minimum absolute atomic E-state index is 0. The summed E-state index contributed by atoms with van der Waals surface area (Å²) in [5.74, 6) is -3.22. The van der Waals surface area contributed by atoms with Crippen molar-refractivity contribution in [2.75, 3.05) is 0 Å². The molecule has 0 bridgehead atoms. The van der Waals surface area contributed by atoms with Gasteiger partial charge in [-0.1, -0.05) is 18.2 Å². The summed E-state index contributed by atoms with van der Waals surface area (Å²) in [6, 6.07) is 5.02. The molecule has 0 spiro atoms. The van der Waals surface area contributed by atoms with Crippen LogP contribution in [0.5, 0.6) is 0 Å². The van der Waals surface area contributed by atoms with E-state index < -0.39 is 29.9 Å². The summed E-state index contributed by atoms with van der Waals surface area (Å²) in [7, 11) is 0. The van der Waals surface area contributed by atoms with Gasteiger partial charge in [-0.05, 0) is 18.1 Å². The van der Waals surface area contributed by atoms with Crippen LogP contribution in [-0.2, 0) is 20.8 Å². The zero-order valence-corrected chi connectivity index (χ0v) is 15.8. The molecule has 0 saturated heterocycles. The van der Waals surface area contributed by atoms with E-state index in [9.17, 15) is 19.5 Å². The van der Waals surface area contributed by atoms with Crippen molar-refractivity contribution in [3.05, 3.63) is 36.0 Å². The standard InChI is InChI=1S/C16H19N3O5.Na/c17-11(5-6-14(20)21)15(22)19-13(16(23)24)7-9-8-18-12-4-2-1-3-10(9)12;/h1-4,8,11,13,18H,5-7,17H2,(H,19,22)(H,20,21)(H,23,24);/q;+1/p-1/t11-,13-;/m1./s1. The van der Waals surface area contributed by atoms with Crippen molar-refractivity contribution in [2.24, 2.45) is 5.73 Å². The van der Waals surface area contributed by atoms with E-state index >= 15 is 0 Å². The molecular formula is C16H18N3NaO5. The van der Waals surface area contributed by atoms with Crippen molar-refractivity contribution >= 4 is 28.7 Å². The molecule has 0 aliphatic carbocycles. The van der Waals surface area contributed by atoms with E-state index in [0.717, 1.165) is 16.5 Å². The summed E-state index contributed by atoms with van der Waals surface area (Å²) in [5, 5.41) is 23.1. The van der Waals surface area contributed by atoms with Crippen molar-refractivity contribution in [1.29, 1.82) is 0 Å². The van der Waals surface area contributed by atoms with Gasteiger partial charge in [0.15, 0.2) is 0 Å². The molecule has 25 heavy (non-hydrogen) atoms. The summed E-state index contributed by atoms with van der Waals surface area (Å²) in [5.41, 5.74) is 7.16. The van der Waals surface area contributed by atoms with Gasteiger partial charge >= 0.3 is 35.5 Å². The third kappa shape index (κ3) is 5.86. The van der Waals surface area contributed by atoms with Gasteiger partial charge in [0.1, 0.15) is 0 Å². The second kappa shape index (κ2) is 9.57. The molecule has 1 amide bonds. The zero-order chi connectivity index (χ0) is 17.7. The van der Waals surface area contributed by atoms with Crippen LogP contribution in [0.25, 0.3) is 10.9 Å². The summed E-state index contributed by atoms with van der Waals surface area (Å²) >= 11 is 0. The van der Waals surface area contributed by atoms with Gasteiger partial charge in [0.05, 0.1) is 18.1 Å². The molecule has 0 saturated carbocycles. The number of carboxylic acids is 2. The Morgan fingerprint density at radius 3 is 2.60 bits per heavy atom. The van der Waals surface area contributed by atoms with E-state index in [1.54, 1.807) is 6.20 Å². The first kappa shape index (κ1) is 21.2. The summed E-state index contributed by atoms with van der Waals surface area (Å²) in [6.45, 7) is 0. The van der Waals surface area contributed by atoms with Crippen LogP contribution in [0.3, 0.4) is 0 Å². The maximum absolute atomic E-state index is 11.9. The Balaban J connectivity index is 0.00000312. The Morgan fingerprint density at radius 1 is 1.28 bits per heavy atom. The smallest absolute Gasteiger partial charge is 0.548 e. The Labute approximate surface area is 166 Å². The molecule has 2 atom stereocenters. The molecule has 0 aliphatic rings. The number of nitrogens with one attached hydrogen (secondary N) is 2. The molecule has 2 aromatic rings. The first-order valence-electron chi connectivity index (χ1n) is 7.42. The molecule has 1 heterocycles. The maximum atomic E-state index is 11.9. The normalized spacial score (nSPS) is 12.8. The quantitative estimate of drug-likeness (QED) is 0.356. The zero-order valence-electron chi connectivity index (χ0n) is 13.8. The predicted molar refractivity (Wildman–Crippen MR) is 83.8 cm³/mol. The summed E-state index contributed by atoms with van der Waals surface area (Å²) in [4.78, 5) is 36.8. The number of H-pyrrole nitrogens is 1. The number of amides is 1. The Bertz CT molecular complexity index is 761. The van der Waals surface area contributed by atoms with Crippen molar-refractivity contribution in [1.82, 2.24) is 10.3 Å². The predicted octanol–water partition coefficient (Wildman–Crippen LogP) is -3.86. The number of carboxylic acid groups (broad SMARTS) is 2. The van der Waals surface area contributed by atoms with Crippen molar-refractivity contribution < 1.29 is 54.2 Å². The number of aromatic amines is 1. The number of aliphatic carboxylic acids is 2. The van der Waals surface area contributed by atoms with Crippen LogP contribution >= 0.6 is 0 Å². The fourth-order valence-electron chi connectivity index (χ4n) is 2.40. The Morgan fingerprint density at radius 2 is 1.96 bits per heavy atom. The van der Waals surface area contributed by atoms with Gasteiger partial charge in [-0.3, -0.25) is 9.59 Å². The second-order valence-corrected chi connectivity index (χ2v) is 5.48. The van der Waals surface area contributed by atoms with Crippen LogP contribution in [0.15, 0.2) is 30.5 Å². The van der Waals surface area contributed by atoms with Crippen molar-refractivity contribution in [3.63, 3.8) is 0 Å². The number of hydrogen-bond acceptors (Lipinski definition) is 5. The van der Waals surface area contributed by atoms with E-state index in [2.05, 4.69) is 10.3 Å². The monoisotopic (exact) mass is 355 g/mol. The van der Waals surface area contributed by atoms with Gasteiger partial charge in [-0.15, -0.1) is 0 Å². The minimum atomic E-state index is -1.43. The molecule has 1 aromatic carbocycles. The number of fused-ring (bicyclic) bond motifs is 1. The van der Waals surface area contributed by atoms with E-state index in [-0.39, 0.29) is 48.8 Å². The van der Waals surface area contributed by atoms with Crippen LogP contribution < -0.4 is 45.7 Å². The Kier molecular flexibility index (Phi) is 8.11. The number of aromatic nitrogens is 1. The summed E-state index contributed by atoms with van der Waals surface area (Å²) < 4.78 is 0. The molecule has 9 heteroatoms. The largest absolute Gasteiger partial charge is 1.00 e. The fraction of sp³-hybridized carbons (Fsp3) is 0.312. The van der Waals surface area contributed by atoms with Crippen LogP contribution in [0.4, 0.5) is 0 Å². The van der Waals surface area contributed by atoms with Gasteiger partial charge in [-0.2, -0.15) is 0 Å². The van der Waals surface area contributed by atoms with E-state index in [1.807, 2.05) is 24.3 Å². The number of carbonyl (C=O) groups is 3. The fourth-order valence-corrected chi connectivity index (χ4v) is 2.40. The van der Waals surface area contributed by atoms with Gasteiger partial charge in [0.2, 0.25) is 5.91 Å². The number of hydrogen-bond donors (Lipinski definition) is 4. The number of rotatable bonds is 8. The molecule has 0 aliphatic heterocycles. The van der Waals surface area contributed by atoms with Gasteiger partial charge < -0.3 is 31.0 Å². The molecule has 8 nitrogen and oxygen atoms in total. The molecule has 0 unspecified atom stereocenters. The number of para-hydroxylation sites is 1. The van der Waals surface area contributed by atoms with Crippen LogP contribution in [0.2, 0.25) is 0 Å². The van der Waals surface area contributed by atoms with Gasteiger partial charge in [0, 0.05) is 29.9 Å². The van der Waals surface area contributed by atoms with E-state index in [1.165, 1.54) is 0 Å².